The van der Waals surface area contributed by atoms with Crippen molar-refractivity contribution >= 4 is 34.4 Å². The van der Waals surface area contributed by atoms with Crippen LogP contribution in [0.15, 0.2) is 29.8 Å². The minimum Gasteiger partial charge on any atom is -0.492 e. The molecule has 4 rings (SSSR count). The highest BCUT2D eigenvalue weighted by atomic mass is 32.1. The summed E-state index contributed by atoms with van der Waals surface area (Å²) in [6, 6.07) is 6.00. The van der Waals surface area contributed by atoms with Crippen molar-refractivity contribution in [3.63, 3.8) is 0 Å². The van der Waals surface area contributed by atoms with E-state index in [9.17, 15) is 9.90 Å². The number of benzene rings is 1. The van der Waals surface area contributed by atoms with Gasteiger partial charge in [0.15, 0.2) is 10.7 Å². The number of hydrogen-bond acceptors (Lipinski definition) is 4. The van der Waals surface area contributed by atoms with E-state index in [1.165, 1.54) is 30.6 Å². The second kappa shape index (κ2) is 6.96. The SMILES string of the molecule is Cc1cccc(C=Cc2nc3sccn3c2C(=O)O)c1OCC1CCC1. The van der Waals surface area contributed by atoms with Crippen molar-refractivity contribution in [1.29, 1.82) is 0 Å². The zero-order valence-electron chi connectivity index (χ0n) is 14.5. The van der Waals surface area contributed by atoms with Gasteiger partial charge in [0.2, 0.25) is 0 Å². The summed E-state index contributed by atoms with van der Waals surface area (Å²) in [5.74, 6) is 0.541. The molecule has 0 atom stereocenters. The van der Waals surface area contributed by atoms with Crippen LogP contribution in [-0.2, 0) is 0 Å². The zero-order chi connectivity index (χ0) is 18.1. The predicted molar refractivity (Wildman–Crippen MR) is 103 cm³/mol. The molecule has 0 saturated heterocycles. The summed E-state index contributed by atoms with van der Waals surface area (Å²) in [5, 5.41) is 11.4. The number of rotatable bonds is 6. The number of hydrogen-bond donors (Lipinski definition) is 1. The molecule has 2 heterocycles. The molecule has 1 saturated carbocycles. The van der Waals surface area contributed by atoms with Crippen molar-refractivity contribution in [2.45, 2.75) is 26.2 Å². The summed E-state index contributed by atoms with van der Waals surface area (Å²) in [6.45, 7) is 2.77. The number of para-hydroxylation sites is 1. The van der Waals surface area contributed by atoms with Crippen LogP contribution in [-0.4, -0.2) is 27.1 Å². The highest BCUT2D eigenvalue weighted by Crippen LogP contribution is 2.31. The maximum absolute atomic E-state index is 11.6. The topological polar surface area (TPSA) is 63.8 Å². The van der Waals surface area contributed by atoms with Gasteiger partial charge in [-0.25, -0.2) is 9.78 Å². The van der Waals surface area contributed by atoms with Gasteiger partial charge in [0.05, 0.1) is 12.3 Å². The summed E-state index contributed by atoms with van der Waals surface area (Å²) < 4.78 is 7.70. The smallest absolute Gasteiger partial charge is 0.355 e. The van der Waals surface area contributed by atoms with Crippen LogP contribution >= 0.6 is 11.3 Å². The molecular formula is C20H20N2O3S. The largest absolute Gasteiger partial charge is 0.492 e. The lowest BCUT2D eigenvalue weighted by molar-refractivity contribution is 0.0689. The van der Waals surface area contributed by atoms with E-state index in [1.807, 2.05) is 36.6 Å². The average Bonchev–Trinajstić information content (AvgIpc) is 3.13. The number of fused-ring (bicyclic) bond motifs is 1. The number of aryl methyl sites for hydroxylation is 1. The molecule has 134 valence electrons. The fourth-order valence-corrected chi connectivity index (χ4v) is 3.89. The fraction of sp³-hybridized carbons (Fsp3) is 0.300. The van der Waals surface area contributed by atoms with Crippen molar-refractivity contribution in [3.8, 4) is 5.75 Å². The van der Waals surface area contributed by atoms with Gasteiger partial charge in [0.25, 0.3) is 0 Å². The maximum Gasteiger partial charge on any atom is 0.355 e. The molecule has 1 aliphatic carbocycles. The molecule has 26 heavy (non-hydrogen) atoms. The highest BCUT2D eigenvalue weighted by Gasteiger charge is 2.19. The van der Waals surface area contributed by atoms with Gasteiger partial charge in [0.1, 0.15) is 5.75 Å². The molecule has 0 unspecified atom stereocenters. The molecule has 6 heteroatoms. The Morgan fingerprint density at radius 2 is 2.27 bits per heavy atom. The third-order valence-electron chi connectivity index (χ3n) is 4.84. The summed E-state index contributed by atoms with van der Waals surface area (Å²) in [7, 11) is 0. The molecule has 1 aromatic carbocycles. The number of thiazole rings is 1. The van der Waals surface area contributed by atoms with Crippen LogP contribution in [0.5, 0.6) is 5.75 Å². The predicted octanol–water partition coefficient (Wildman–Crippen LogP) is 4.75. The van der Waals surface area contributed by atoms with Gasteiger partial charge in [-0.05, 0) is 43.4 Å². The van der Waals surface area contributed by atoms with Crippen LogP contribution in [0.3, 0.4) is 0 Å². The van der Waals surface area contributed by atoms with E-state index in [0.29, 0.717) is 16.6 Å². The van der Waals surface area contributed by atoms with Gasteiger partial charge in [-0.3, -0.25) is 4.40 Å². The molecule has 1 fully saturated rings. The van der Waals surface area contributed by atoms with Crippen LogP contribution in [0.1, 0.15) is 46.6 Å². The van der Waals surface area contributed by atoms with Crippen LogP contribution in [0.2, 0.25) is 0 Å². The minimum absolute atomic E-state index is 0.182. The molecule has 0 spiro atoms. The average molecular weight is 368 g/mol. The lowest BCUT2D eigenvalue weighted by Crippen LogP contribution is -2.19. The normalized spacial score (nSPS) is 14.8. The minimum atomic E-state index is -0.985. The number of aromatic carboxylic acids is 1. The molecule has 0 amide bonds. The van der Waals surface area contributed by atoms with Crippen molar-refractivity contribution in [2.75, 3.05) is 6.61 Å². The number of carboxylic acid groups (broad SMARTS) is 1. The first-order chi connectivity index (χ1) is 12.6. The van der Waals surface area contributed by atoms with E-state index in [0.717, 1.165) is 23.5 Å². The number of carbonyl (C=O) groups is 1. The third-order valence-corrected chi connectivity index (χ3v) is 5.60. The van der Waals surface area contributed by atoms with Crippen LogP contribution in [0, 0.1) is 12.8 Å². The number of carboxylic acids is 1. The van der Waals surface area contributed by atoms with Crippen molar-refractivity contribution in [2.24, 2.45) is 5.92 Å². The van der Waals surface area contributed by atoms with Crippen LogP contribution in [0.25, 0.3) is 17.1 Å². The summed E-state index contributed by atoms with van der Waals surface area (Å²) in [6.07, 6.45) is 9.16. The third kappa shape index (κ3) is 3.12. The maximum atomic E-state index is 11.6. The summed E-state index contributed by atoms with van der Waals surface area (Å²) in [5.41, 5.74) is 2.66. The van der Waals surface area contributed by atoms with Gasteiger partial charge < -0.3 is 9.84 Å². The van der Waals surface area contributed by atoms with E-state index >= 15 is 0 Å². The van der Waals surface area contributed by atoms with E-state index in [-0.39, 0.29) is 5.69 Å². The van der Waals surface area contributed by atoms with E-state index in [2.05, 4.69) is 4.98 Å². The van der Waals surface area contributed by atoms with Gasteiger partial charge in [0, 0.05) is 17.1 Å². The van der Waals surface area contributed by atoms with Gasteiger partial charge >= 0.3 is 5.97 Å². The summed E-state index contributed by atoms with van der Waals surface area (Å²) >= 11 is 1.42. The number of aromatic nitrogens is 2. The van der Waals surface area contributed by atoms with Crippen molar-refractivity contribution in [3.05, 3.63) is 52.3 Å². The lowest BCUT2D eigenvalue weighted by atomic mass is 9.86. The number of ether oxygens (including phenoxy) is 1. The molecule has 0 radical (unpaired) electrons. The standard InChI is InChI=1S/C20H20N2O3S/c1-13-4-2-7-15(18(13)25-12-14-5-3-6-14)8-9-16-17(19(23)24)22-10-11-26-20(22)21-16/h2,4,7-11,14H,3,5-6,12H2,1H3,(H,23,24). The molecule has 3 aromatic rings. The molecule has 2 aromatic heterocycles. The molecule has 0 aliphatic heterocycles. The Kier molecular flexibility index (Phi) is 4.51. The van der Waals surface area contributed by atoms with Crippen LogP contribution < -0.4 is 4.74 Å². The molecule has 5 nitrogen and oxygen atoms in total. The molecular weight excluding hydrogens is 348 g/mol. The van der Waals surface area contributed by atoms with Gasteiger partial charge in [-0.1, -0.05) is 24.6 Å². The number of nitrogens with zero attached hydrogens (tertiary/aromatic N) is 2. The van der Waals surface area contributed by atoms with E-state index in [1.54, 1.807) is 16.7 Å². The van der Waals surface area contributed by atoms with Crippen LogP contribution in [0.4, 0.5) is 0 Å². The molecule has 1 aliphatic rings. The van der Waals surface area contributed by atoms with E-state index < -0.39 is 5.97 Å². The Bertz CT molecular complexity index is 982. The van der Waals surface area contributed by atoms with Crippen molar-refractivity contribution in [1.82, 2.24) is 9.38 Å². The first-order valence-corrected chi connectivity index (χ1v) is 9.61. The highest BCUT2D eigenvalue weighted by molar-refractivity contribution is 7.15. The lowest BCUT2D eigenvalue weighted by Gasteiger charge is -2.26. The first kappa shape index (κ1) is 16.8. The van der Waals surface area contributed by atoms with Crippen molar-refractivity contribution < 1.29 is 14.6 Å². The quantitative estimate of drug-likeness (QED) is 0.682. The monoisotopic (exact) mass is 368 g/mol. The fourth-order valence-electron chi connectivity index (χ4n) is 3.16. The number of imidazole rings is 1. The Labute approximate surface area is 155 Å². The summed E-state index contributed by atoms with van der Waals surface area (Å²) in [4.78, 5) is 16.7. The second-order valence-electron chi connectivity index (χ2n) is 6.64. The first-order valence-electron chi connectivity index (χ1n) is 8.73. The second-order valence-corrected chi connectivity index (χ2v) is 7.51. The zero-order valence-corrected chi connectivity index (χ0v) is 15.3. The Hall–Kier alpha value is -2.60. The Balaban J connectivity index is 1.64. The van der Waals surface area contributed by atoms with Gasteiger partial charge in [-0.15, -0.1) is 11.3 Å². The molecule has 1 N–H and O–H groups in total. The van der Waals surface area contributed by atoms with Gasteiger partial charge in [-0.2, -0.15) is 0 Å². The Morgan fingerprint density at radius 1 is 1.42 bits per heavy atom. The molecule has 0 bridgehead atoms. The van der Waals surface area contributed by atoms with E-state index in [4.69, 9.17) is 4.74 Å². The Morgan fingerprint density at radius 3 is 3.00 bits per heavy atom.